The molecular weight excluding hydrogens is 176 g/mol. The second-order valence-electron chi connectivity index (χ2n) is 3.83. The highest BCUT2D eigenvalue weighted by atomic mass is 35.5. The third-order valence-electron chi connectivity index (χ3n) is 2.32. The van der Waals surface area contributed by atoms with E-state index in [9.17, 15) is 10.2 Å². The fourth-order valence-electron chi connectivity index (χ4n) is 1.27. The van der Waals surface area contributed by atoms with Gasteiger partial charge >= 0.3 is 0 Å². The first-order chi connectivity index (χ1) is 5.28. The van der Waals surface area contributed by atoms with Gasteiger partial charge in [-0.1, -0.05) is 13.8 Å². The monoisotopic (exact) mass is 194 g/mol. The average Bonchev–Trinajstić information content (AvgIpc) is 2.00. The Balaban J connectivity index is 4.53. The van der Waals surface area contributed by atoms with Crippen LogP contribution in [0.15, 0.2) is 0 Å². The van der Waals surface area contributed by atoms with E-state index >= 15 is 0 Å². The zero-order chi connectivity index (χ0) is 9.99. The Morgan fingerprint density at radius 1 is 1.17 bits per heavy atom. The molecule has 1 unspecified atom stereocenters. The van der Waals surface area contributed by atoms with Gasteiger partial charge in [-0.05, 0) is 26.7 Å². The van der Waals surface area contributed by atoms with Crippen molar-refractivity contribution in [1.82, 2.24) is 0 Å². The Bertz CT molecular complexity index is 136. The summed E-state index contributed by atoms with van der Waals surface area (Å²) >= 11 is 5.96. The van der Waals surface area contributed by atoms with Gasteiger partial charge < -0.3 is 10.2 Å². The molecule has 74 valence electrons. The van der Waals surface area contributed by atoms with E-state index in [0.717, 1.165) is 0 Å². The van der Waals surface area contributed by atoms with Crippen LogP contribution in [0.1, 0.15) is 40.5 Å². The van der Waals surface area contributed by atoms with Crippen LogP contribution in [0.4, 0.5) is 0 Å². The number of alkyl halides is 1. The molecule has 0 aliphatic carbocycles. The largest absolute Gasteiger partial charge is 0.389 e. The van der Waals surface area contributed by atoms with Crippen LogP contribution in [-0.4, -0.2) is 26.8 Å². The van der Waals surface area contributed by atoms with Crippen LogP contribution in [0.25, 0.3) is 0 Å². The molecule has 0 aromatic carbocycles. The van der Waals surface area contributed by atoms with E-state index in [2.05, 4.69) is 0 Å². The summed E-state index contributed by atoms with van der Waals surface area (Å²) in [6, 6.07) is 0. The molecule has 0 aliphatic heterocycles. The minimum Gasteiger partial charge on any atom is -0.389 e. The van der Waals surface area contributed by atoms with Gasteiger partial charge in [0.2, 0.25) is 0 Å². The fourth-order valence-corrected chi connectivity index (χ4v) is 1.57. The maximum Gasteiger partial charge on any atom is 0.0904 e. The van der Waals surface area contributed by atoms with Crippen molar-refractivity contribution in [3.8, 4) is 0 Å². The molecule has 2 N–H and O–H groups in total. The van der Waals surface area contributed by atoms with Crippen LogP contribution >= 0.6 is 11.6 Å². The Morgan fingerprint density at radius 2 is 1.50 bits per heavy atom. The molecule has 0 amide bonds. The Morgan fingerprint density at radius 3 is 1.58 bits per heavy atom. The second kappa shape index (κ2) is 3.95. The fraction of sp³-hybridized carbons (Fsp3) is 1.00. The molecule has 0 bridgehead atoms. The summed E-state index contributed by atoms with van der Waals surface area (Å²) in [6.07, 6.45) is 1.11. The first kappa shape index (κ1) is 12.2. The molecule has 0 spiro atoms. The van der Waals surface area contributed by atoms with E-state index in [1.165, 1.54) is 0 Å². The third kappa shape index (κ3) is 2.61. The second-order valence-corrected chi connectivity index (χ2v) is 4.26. The van der Waals surface area contributed by atoms with Crippen LogP contribution < -0.4 is 0 Å². The molecule has 1 atom stereocenters. The molecule has 0 aromatic heterocycles. The van der Waals surface area contributed by atoms with Crippen molar-refractivity contribution in [3.05, 3.63) is 0 Å². The summed E-state index contributed by atoms with van der Waals surface area (Å²) in [7, 11) is 0. The van der Waals surface area contributed by atoms with E-state index in [4.69, 9.17) is 11.6 Å². The molecule has 0 aromatic rings. The molecule has 0 heterocycles. The van der Waals surface area contributed by atoms with Crippen LogP contribution in [0.2, 0.25) is 0 Å². The lowest BCUT2D eigenvalue weighted by Crippen LogP contribution is -2.49. The van der Waals surface area contributed by atoms with Gasteiger partial charge in [0.25, 0.3) is 0 Å². The number of hydrogen-bond acceptors (Lipinski definition) is 2. The van der Waals surface area contributed by atoms with E-state index in [-0.39, 0.29) is 0 Å². The predicted octanol–water partition coefficient (Wildman–Crippen LogP) is 1.92. The third-order valence-corrected chi connectivity index (χ3v) is 3.26. The molecule has 0 saturated carbocycles. The first-order valence-electron chi connectivity index (χ1n) is 4.36. The summed E-state index contributed by atoms with van der Waals surface area (Å²) in [6.45, 7) is 6.96. The van der Waals surface area contributed by atoms with E-state index in [0.29, 0.717) is 12.8 Å². The number of aliphatic hydroxyl groups is 2. The smallest absolute Gasteiger partial charge is 0.0904 e. The zero-order valence-corrected chi connectivity index (χ0v) is 9.02. The molecule has 12 heavy (non-hydrogen) atoms. The van der Waals surface area contributed by atoms with E-state index < -0.39 is 16.6 Å². The van der Waals surface area contributed by atoms with Crippen molar-refractivity contribution < 1.29 is 10.2 Å². The summed E-state index contributed by atoms with van der Waals surface area (Å²) in [4.78, 5) is 0. The number of hydrogen-bond donors (Lipinski definition) is 2. The van der Waals surface area contributed by atoms with E-state index in [1.54, 1.807) is 13.8 Å². The Kier molecular flexibility index (Phi) is 4.01. The molecule has 0 radical (unpaired) electrons. The van der Waals surface area contributed by atoms with Crippen molar-refractivity contribution in [2.75, 3.05) is 0 Å². The van der Waals surface area contributed by atoms with E-state index in [1.807, 2.05) is 13.8 Å². The van der Waals surface area contributed by atoms with Crippen LogP contribution in [0.3, 0.4) is 0 Å². The lowest BCUT2D eigenvalue weighted by atomic mass is 9.85. The Hall–Kier alpha value is 0.210. The van der Waals surface area contributed by atoms with Gasteiger partial charge in [-0.25, -0.2) is 0 Å². The SMILES string of the molecule is CCC(O)(CC)C(Cl)C(C)(C)O. The van der Waals surface area contributed by atoms with Crippen molar-refractivity contribution in [2.24, 2.45) is 0 Å². The minimum absolute atomic E-state index is 0.557. The van der Waals surface area contributed by atoms with Gasteiger partial charge in [0, 0.05) is 0 Å². The molecule has 0 rings (SSSR count). The highest BCUT2D eigenvalue weighted by Gasteiger charge is 2.41. The lowest BCUT2D eigenvalue weighted by molar-refractivity contribution is -0.0450. The van der Waals surface area contributed by atoms with Crippen LogP contribution in [0, 0.1) is 0 Å². The highest BCUT2D eigenvalue weighted by molar-refractivity contribution is 6.22. The van der Waals surface area contributed by atoms with Crippen molar-refractivity contribution in [2.45, 2.75) is 57.1 Å². The van der Waals surface area contributed by atoms with Gasteiger partial charge in [-0.2, -0.15) is 0 Å². The van der Waals surface area contributed by atoms with Crippen LogP contribution in [-0.2, 0) is 0 Å². The van der Waals surface area contributed by atoms with Gasteiger partial charge in [-0.3, -0.25) is 0 Å². The van der Waals surface area contributed by atoms with Gasteiger partial charge in [0.1, 0.15) is 0 Å². The van der Waals surface area contributed by atoms with Crippen molar-refractivity contribution in [3.63, 3.8) is 0 Å². The summed E-state index contributed by atoms with van der Waals surface area (Å²) in [5.41, 5.74) is -2.00. The maximum atomic E-state index is 9.94. The lowest BCUT2D eigenvalue weighted by Gasteiger charge is -2.37. The molecule has 2 nitrogen and oxygen atoms in total. The van der Waals surface area contributed by atoms with Crippen molar-refractivity contribution in [1.29, 1.82) is 0 Å². The van der Waals surface area contributed by atoms with Gasteiger partial charge in [0.05, 0.1) is 16.6 Å². The van der Waals surface area contributed by atoms with Gasteiger partial charge in [-0.15, -0.1) is 11.6 Å². The Labute approximate surface area is 79.6 Å². The maximum absolute atomic E-state index is 9.94. The molecular formula is C9H19ClO2. The zero-order valence-electron chi connectivity index (χ0n) is 8.26. The summed E-state index contributed by atoms with van der Waals surface area (Å²) in [5, 5.41) is 18.9. The summed E-state index contributed by atoms with van der Waals surface area (Å²) < 4.78 is 0. The molecule has 3 heteroatoms. The molecule has 0 saturated heterocycles. The van der Waals surface area contributed by atoms with Crippen molar-refractivity contribution >= 4 is 11.6 Å². The average molecular weight is 195 g/mol. The molecule has 0 fully saturated rings. The quantitative estimate of drug-likeness (QED) is 0.672. The number of rotatable bonds is 4. The van der Waals surface area contributed by atoms with Gasteiger partial charge in [0.15, 0.2) is 0 Å². The highest BCUT2D eigenvalue weighted by Crippen LogP contribution is 2.31. The predicted molar refractivity (Wildman–Crippen MR) is 51.5 cm³/mol. The first-order valence-corrected chi connectivity index (χ1v) is 4.80. The number of halogens is 1. The normalized spacial score (nSPS) is 16.2. The molecule has 0 aliphatic rings. The minimum atomic E-state index is -1.04. The summed E-state index contributed by atoms with van der Waals surface area (Å²) in [5.74, 6) is 0. The standard InChI is InChI=1S/C9H19ClO2/c1-5-9(12,6-2)7(10)8(3,4)11/h7,11-12H,5-6H2,1-4H3. The topological polar surface area (TPSA) is 40.5 Å². The van der Waals surface area contributed by atoms with Crippen LogP contribution in [0.5, 0.6) is 0 Å².